The predicted octanol–water partition coefficient (Wildman–Crippen LogP) is 4.82. The third-order valence-corrected chi connectivity index (χ3v) is 6.61. The molecule has 0 aliphatic carbocycles. The van der Waals surface area contributed by atoms with Crippen LogP contribution < -0.4 is 10.1 Å². The fourth-order valence-electron chi connectivity index (χ4n) is 2.39. The zero-order valence-electron chi connectivity index (χ0n) is 13.0. The Morgan fingerprint density at radius 1 is 1.13 bits per heavy atom. The highest BCUT2D eigenvalue weighted by Gasteiger charge is 2.17. The fraction of sp³-hybridized carbons (Fsp3) is 0.278. The zero-order valence-corrected chi connectivity index (χ0v) is 14.6. The standard InChI is InChI=1S/C18H19NO2S2/c1-21-16-8-6-13(7-9-16)17(20)19-15-5-2-4-14(12-15)18-22-10-3-11-23-18/h2,4-9,12,18H,3,10-11H2,1H3,(H,19,20). The lowest BCUT2D eigenvalue weighted by atomic mass is 10.2. The number of amides is 1. The first-order chi connectivity index (χ1) is 11.3. The molecule has 0 atom stereocenters. The molecule has 0 bridgehead atoms. The molecule has 5 heteroatoms. The Balaban J connectivity index is 1.70. The van der Waals surface area contributed by atoms with Gasteiger partial charge in [0.15, 0.2) is 0 Å². The summed E-state index contributed by atoms with van der Waals surface area (Å²) in [5.74, 6) is 3.06. The summed E-state index contributed by atoms with van der Waals surface area (Å²) in [5, 5.41) is 2.98. The van der Waals surface area contributed by atoms with E-state index in [9.17, 15) is 4.79 Å². The first-order valence-electron chi connectivity index (χ1n) is 7.55. The van der Waals surface area contributed by atoms with Crippen molar-refractivity contribution in [2.45, 2.75) is 11.0 Å². The topological polar surface area (TPSA) is 38.3 Å². The van der Waals surface area contributed by atoms with Crippen molar-refractivity contribution in [3.63, 3.8) is 0 Å². The number of carbonyl (C=O) groups excluding carboxylic acids is 1. The number of methoxy groups -OCH3 is 1. The summed E-state index contributed by atoms with van der Waals surface area (Å²) in [4.78, 5) is 12.3. The minimum Gasteiger partial charge on any atom is -0.497 e. The maximum absolute atomic E-state index is 12.3. The molecule has 1 N–H and O–H groups in total. The average Bonchev–Trinajstić information content (AvgIpc) is 2.63. The van der Waals surface area contributed by atoms with Gasteiger partial charge in [-0.3, -0.25) is 4.79 Å². The quantitative estimate of drug-likeness (QED) is 0.862. The molecule has 1 heterocycles. The monoisotopic (exact) mass is 345 g/mol. The van der Waals surface area contributed by atoms with Crippen LogP contribution in [-0.4, -0.2) is 24.5 Å². The smallest absolute Gasteiger partial charge is 0.255 e. The molecule has 23 heavy (non-hydrogen) atoms. The maximum Gasteiger partial charge on any atom is 0.255 e. The lowest BCUT2D eigenvalue weighted by Gasteiger charge is -2.21. The average molecular weight is 345 g/mol. The van der Waals surface area contributed by atoms with Gasteiger partial charge in [0.2, 0.25) is 0 Å². The van der Waals surface area contributed by atoms with Crippen LogP contribution in [0.15, 0.2) is 48.5 Å². The summed E-state index contributed by atoms with van der Waals surface area (Å²) < 4.78 is 5.59. The second-order valence-corrected chi connectivity index (χ2v) is 7.96. The molecule has 1 fully saturated rings. The number of benzene rings is 2. The number of nitrogens with one attached hydrogen (secondary N) is 1. The van der Waals surface area contributed by atoms with E-state index in [1.165, 1.54) is 23.5 Å². The molecule has 0 unspecified atom stereocenters. The Bertz CT molecular complexity index is 667. The second kappa shape index (κ2) is 7.79. The molecule has 2 aromatic rings. The van der Waals surface area contributed by atoms with E-state index in [2.05, 4.69) is 17.4 Å². The number of hydrogen-bond donors (Lipinski definition) is 1. The van der Waals surface area contributed by atoms with Crippen LogP contribution in [0.5, 0.6) is 5.75 Å². The fourth-order valence-corrected chi connectivity index (χ4v) is 5.26. The second-order valence-electron chi connectivity index (χ2n) is 5.24. The van der Waals surface area contributed by atoms with Crippen molar-refractivity contribution in [3.05, 3.63) is 59.7 Å². The molecule has 120 valence electrons. The number of anilines is 1. The van der Waals surface area contributed by atoms with Gasteiger partial charge in [0.25, 0.3) is 5.91 Å². The molecule has 1 amide bonds. The van der Waals surface area contributed by atoms with E-state index in [1.807, 2.05) is 35.7 Å². The zero-order chi connectivity index (χ0) is 16.1. The van der Waals surface area contributed by atoms with Gasteiger partial charge in [0, 0.05) is 11.3 Å². The highest BCUT2D eigenvalue weighted by atomic mass is 32.2. The summed E-state index contributed by atoms with van der Waals surface area (Å²) in [6.45, 7) is 0. The van der Waals surface area contributed by atoms with E-state index >= 15 is 0 Å². The molecule has 3 rings (SSSR count). The van der Waals surface area contributed by atoms with Crippen molar-refractivity contribution in [1.82, 2.24) is 0 Å². The van der Waals surface area contributed by atoms with Gasteiger partial charge in [0.05, 0.1) is 11.7 Å². The van der Waals surface area contributed by atoms with E-state index in [4.69, 9.17) is 4.74 Å². The summed E-state index contributed by atoms with van der Waals surface area (Å²) in [6, 6.07) is 15.3. The van der Waals surface area contributed by atoms with Crippen molar-refractivity contribution in [1.29, 1.82) is 0 Å². The number of thioether (sulfide) groups is 2. The van der Waals surface area contributed by atoms with Crippen LogP contribution in [-0.2, 0) is 0 Å². The van der Waals surface area contributed by atoms with Gasteiger partial charge in [-0.05, 0) is 59.9 Å². The number of ether oxygens (including phenoxy) is 1. The first-order valence-corrected chi connectivity index (χ1v) is 9.64. The van der Waals surface area contributed by atoms with Crippen LogP contribution in [0.25, 0.3) is 0 Å². The van der Waals surface area contributed by atoms with Gasteiger partial charge in [-0.2, -0.15) is 0 Å². The highest BCUT2D eigenvalue weighted by molar-refractivity contribution is 8.16. The number of rotatable bonds is 4. The molecule has 3 nitrogen and oxygen atoms in total. The number of hydrogen-bond acceptors (Lipinski definition) is 4. The Morgan fingerprint density at radius 3 is 2.57 bits per heavy atom. The maximum atomic E-state index is 12.3. The van der Waals surface area contributed by atoms with Crippen molar-refractivity contribution in [3.8, 4) is 5.75 Å². The van der Waals surface area contributed by atoms with Gasteiger partial charge in [-0.15, -0.1) is 23.5 Å². The Kier molecular flexibility index (Phi) is 5.51. The van der Waals surface area contributed by atoms with Gasteiger partial charge < -0.3 is 10.1 Å². The van der Waals surface area contributed by atoms with E-state index in [-0.39, 0.29) is 5.91 Å². The normalized spacial score (nSPS) is 15.2. The molecule has 0 spiro atoms. The van der Waals surface area contributed by atoms with E-state index in [1.54, 1.807) is 31.4 Å². The van der Waals surface area contributed by atoms with E-state index in [0.717, 1.165) is 11.4 Å². The predicted molar refractivity (Wildman–Crippen MR) is 99.7 cm³/mol. The van der Waals surface area contributed by atoms with Crippen molar-refractivity contribution in [2.24, 2.45) is 0 Å². The van der Waals surface area contributed by atoms with Gasteiger partial charge in [0.1, 0.15) is 5.75 Å². The third kappa shape index (κ3) is 4.24. The lowest BCUT2D eigenvalue weighted by molar-refractivity contribution is 0.102. The van der Waals surface area contributed by atoms with Crippen LogP contribution in [0.2, 0.25) is 0 Å². The van der Waals surface area contributed by atoms with Crippen LogP contribution in [0.3, 0.4) is 0 Å². The number of carbonyl (C=O) groups is 1. The summed E-state index contributed by atoms with van der Waals surface area (Å²) in [6.07, 6.45) is 1.28. The highest BCUT2D eigenvalue weighted by Crippen LogP contribution is 2.44. The van der Waals surface area contributed by atoms with Crippen LogP contribution in [0, 0.1) is 0 Å². The summed E-state index contributed by atoms with van der Waals surface area (Å²) in [7, 11) is 1.61. The molecule has 2 aromatic carbocycles. The lowest BCUT2D eigenvalue weighted by Crippen LogP contribution is -2.12. The van der Waals surface area contributed by atoms with Crippen LogP contribution in [0.4, 0.5) is 5.69 Å². The molecule has 1 aliphatic rings. The molecule has 1 aliphatic heterocycles. The molecular formula is C18H19NO2S2. The van der Waals surface area contributed by atoms with Crippen molar-refractivity contribution >= 4 is 35.1 Å². The Morgan fingerprint density at radius 2 is 1.87 bits per heavy atom. The SMILES string of the molecule is COc1ccc(C(=O)Nc2cccc(C3SCCCS3)c2)cc1. The first kappa shape index (κ1) is 16.3. The Labute approximate surface area is 145 Å². The van der Waals surface area contributed by atoms with E-state index < -0.39 is 0 Å². The van der Waals surface area contributed by atoms with Gasteiger partial charge in [-0.25, -0.2) is 0 Å². The molecular weight excluding hydrogens is 326 g/mol. The Hall–Kier alpha value is -1.59. The third-order valence-electron chi connectivity index (χ3n) is 3.60. The summed E-state index contributed by atoms with van der Waals surface area (Å²) >= 11 is 3.96. The largest absolute Gasteiger partial charge is 0.497 e. The molecule has 1 saturated heterocycles. The van der Waals surface area contributed by atoms with Crippen LogP contribution >= 0.6 is 23.5 Å². The molecule has 0 radical (unpaired) electrons. The summed E-state index contributed by atoms with van der Waals surface area (Å²) in [5.41, 5.74) is 2.74. The molecule has 0 aromatic heterocycles. The van der Waals surface area contributed by atoms with Crippen molar-refractivity contribution in [2.75, 3.05) is 23.9 Å². The van der Waals surface area contributed by atoms with Crippen molar-refractivity contribution < 1.29 is 9.53 Å². The van der Waals surface area contributed by atoms with Gasteiger partial charge >= 0.3 is 0 Å². The minimum absolute atomic E-state index is 0.103. The van der Waals surface area contributed by atoms with E-state index in [0.29, 0.717) is 10.1 Å². The van der Waals surface area contributed by atoms with Crippen LogP contribution in [0.1, 0.15) is 26.9 Å². The molecule has 0 saturated carbocycles. The van der Waals surface area contributed by atoms with Gasteiger partial charge in [-0.1, -0.05) is 12.1 Å². The minimum atomic E-state index is -0.103.